The van der Waals surface area contributed by atoms with E-state index in [9.17, 15) is 0 Å². The van der Waals surface area contributed by atoms with Gasteiger partial charge in [0, 0.05) is 32.8 Å². The van der Waals surface area contributed by atoms with Crippen molar-refractivity contribution in [1.29, 1.82) is 0 Å². The number of hydrogen-bond donors (Lipinski definition) is 0. The van der Waals surface area contributed by atoms with Gasteiger partial charge in [-0.25, -0.2) is 15.0 Å². The molecule has 57 heavy (non-hydrogen) atoms. The van der Waals surface area contributed by atoms with Gasteiger partial charge >= 0.3 is 0 Å². The second kappa shape index (κ2) is 13.6. The second-order valence-electron chi connectivity index (χ2n) is 14.4. The maximum Gasteiger partial charge on any atom is 0.164 e. The van der Waals surface area contributed by atoms with Crippen molar-refractivity contribution < 1.29 is 4.42 Å². The summed E-state index contributed by atoms with van der Waals surface area (Å²) in [6.07, 6.45) is 0. The van der Waals surface area contributed by atoms with E-state index in [0.717, 1.165) is 77.2 Å². The summed E-state index contributed by atoms with van der Waals surface area (Å²) in [5.74, 6) is 1.79. The third kappa shape index (κ3) is 5.74. The number of rotatable bonds is 6. The molecule has 2 heterocycles. The lowest BCUT2D eigenvalue weighted by atomic mass is 9.91. The third-order valence-corrected chi connectivity index (χ3v) is 10.9. The highest BCUT2D eigenvalue weighted by Gasteiger charge is 2.21. The largest absolute Gasteiger partial charge is 0.455 e. The van der Waals surface area contributed by atoms with Gasteiger partial charge in [0.25, 0.3) is 0 Å². The molecule has 0 unspecified atom stereocenters. The maximum absolute atomic E-state index is 6.78. The van der Waals surface area contributed by atoms with Crippen LogP contribution in [-0.2, 0) is 0 Å². The molecule has 0 aliphatic rings. The van der Waals surface area contributed by atoms with Crippen molar-refractivity contribution in [3.05, 3.63) is 200 Å². The number of fused-ring (bicyclic) bond motifs is 6. The van der Waals surface area contributed by atoms with Crippen molar-refractivity contribution in [1.82, 2.24) is 15.0 Å². The van der Waals surface area contributed by atoms with Gasteiger partial charge in [0.15, 0.2) is 17.5 Å². The summed E-state index contributed by atoms with van der Waals surface area (Å²) in [6, 6.07) is 69.8. The molecule has 0 bridgehead atoms. The number of benzene rings is 9. The van der Waals surface area contributed by atoms with Gasteiger partial charge in [0.05, 0.1) is 0 Å². The van der Waals surface area contributed by atoms with E-state index in [2.05, 4.69) is 176 Å². The molecule has 11 aromatic rings. The van der Waals surface area contributed by atoms with Crippen molar-refractivity contribution >= 4 is 43.5 Å². The van der Waals surface area contributed by atoms with Crippen LogP contribution in [-0.4, -0.2) is 15.0 Å². The van der Waals surface area contributed by atoms with Crippen LogP contribution in [0.1, 0.15) is 0 Å². The fourth-order valence-electron chi connectivity index (χ4n) is 8.18. The van der Waals surface area contributed by atoms with E-state index in [-0.39, 0.29) is 0 Å². The standard InChI is InChI=1S/C53H33N3O/c1-3-14-34(15-4-1)36-28-30-38(31-29-36)51-54-52(40-21-11-20-39(32-40)35-16-5-2-6-17-35)56-53(55-51)45-26-13-27-48-49(45)47-33-46(43-23-9-10-24-44(43)50(47)57-48)42-25-12-19-37-18-7-8-22-41(37)42/h1-33H. The highest BCUT2D eigenvalue weighted by Crippen LogP contribution is 2.44. The molecule has 0 atom stereocenters. The van der Waals surface area contributed by atoms with Crippen molar-refractivity contribution in [2.45, 2.75) is 0 Å². The molecule has 0 amide bonds. The van der Waals surface area contributed by atoms with Gasteiger partial charge in [-0.15, -0.1) is 0 Å². The van der Waals surface area contributed by atoms with E-state index in [1.54, 1.807) is 0 Å². The zero-order valence-corrected chi connectivity index (χ0v) is 30.8. The van der Waals surface area contributed by atoms with Gasteiger partial charge in [-0.05, 0) is 67.7 Å². The molecule has 9 aromatic carbocycles. The van der Waals surface area contributed by atoms with Gasteiger partial charge in [-0.3, -0.25) is 0 Å². The van der Waals surface area contributed by atoms with Crippen molar-refractivity contribution in [3.63, 3.8) is 0 Å². The zero-order valence-electron chi connectivity index (χ0n) is 30.8. The number of aromatic nitrogens is 3. The van der Waals surface area contributed by atoms with E-state index in [0.29, 0.717) is 17.5 Å². The molecular formula is C53H33N3O. The summed E-state index contributed by atoms with van der Waals surface area (Å²) in [5.41, 5.74) is 11.2. The first-order valence-corrected chi connectivity index (χ1v) is 19.2. The molecule has 266 valence electrons. The first kappa shape index (κ1) is 32.7. The molecule has 11 rings (SSSR count). The summed E-state index contributed by atoms with van der Waals surface area (Å²) in [7, 11) is 0. The average molecular weight is 728 g/mol. The fourth-order valence-corrected chi connectivity index (χ4v) is 8.18. The van der Waals surface area contributed by atoms with E-state index in [1.807, 2.05) is 24.3 Å². The molecule has 2 aromatic heterocycles. The normalized spacial score (nSPS) is 11.5. The lowest BCUT2D eigenvalue weighted by Gasteiger charge is -2.12. The van der Waals surface area contributed by atoms with Crippen LogP contribution >= 0.6 is 0 Å². The summed E-state index contributed by atoms with van der Waals surface area (Å²) >= 11 is 0. The quantitative estimate of drug-likeness (QED) is 0.171. The minimum absolute atomic E-state index is 0.584. The summed E-state index contributed by atoms with van der Waals surface area (Å²) in [5, 5.41) is 6.61. The lowest BCUT2D eigenvalue weighted by molar-refractivity contribution is 0.673. The first-order chi connectivity index (χ1) is 28.2. The van der Waals surface area contributed by atoms with E-state index >= 15 is 0 Å². The second-order valence-corrected chi connectivity index (χ2v) is 14.4. The Hall–Kier alpha value is -7.69. The Labute approximate surface area is 329 Å². The third-order valence-electron chi connectivity index (χ3n) is 10.9. The van der Waals surface area contributed by atoms with Gasteiger partial charge in [0.1, 0.15) is 11.2 Å². The van der Waals surface area contributed by atoms with Crippen LogP contribution in [0.2, 0.25) is 0 Å². The van der Waals surface area contributed by atoms with E-state index < -0.39 is 0 Å². The monoisotopic (exact) mass is 727 g/mol. The minimum atomic E-state index is 0.584. The molecule has 0 aliphatic carbocycles. The molecule has 0 aliphatic heterocycles. The van der Waals surface area contributed by atoms with Crippen molar-refractivity contribution in [2.24, 2.45) is 0 Å². The Morgan fingerprint density at radius 3 is 1.61 bits per heavy atom. The average Bonchev–Trinajstić information content (AvgIpc) is 3.68. The predicted molar refractivity (Wildman–Crippen MR) is 235 cm³/mol. The van der Waals surface area contributed by atoms with E-state index in [4.69, 9.17) is 19.4 Å². The van der Waals surface area contributed by atoms with Crippen molar-refractivity contribution in [3.8, 4) is 67.5 Å². The Kier molecular flexibility index (Phi) is 7.78. The molecule has 0 spiro atoms. The zero-order chi connectivity index (χ0) is 37.7. The number of hydrogen-bond acceptors (Lipinski definition) is 4. The van der Waals surface area contributed by atoms with Crippen LogP contribution < -0.4 is 0 Å². The van der Waals surface area contributed by atoms with E-state index in [1.165, 1.54) is 16.3 Å². The highest BCUT2D eigenvalue weighted by atomic mass is 16.3. The Bertz CT molecular complexity index is 3270. The SMILES string of the molecule is c1ccc(-c2ccc(-c3nc(-c4cccc(-c5ccccc5)c4)nc(-c4cccc5oc6c7ccccc7c(-c7cccc8ccccc78)cc6c45)n3)cc2)cc1. The van der Waals surface area contributed by atoms with Crippen LogP contribution in [0.3, 0.4) is 0 Å². The van der Waals surface area contributed by atoms with Gasteiger partial charge in [-0.1, -0.05) is 182 Å². The summed E-state index contributed by atoms with van der Waals surface area (Å²) in [4.78, 5) is 15.6. The van der Waals surface area contributed by atoms with Crippen LogP contribution in [0.4, 0.5) is 0 Å². The van der Waals surface area contributed by atoms with Crippen LogP contribution in [0.25, 0.3) is 111 Å². The van der Waals surface area contributed by atoms with Gasteiger partial charge in [-0.2, -0.15) is 0 Å². The van der Waals surface area contributed by atoms with Gasteiger partial charge in [0.2, 0.25) is 0 Å². The molecule has 0 saturated heterocycles. The van der Waals surface area contributed by atoms with Crippen LogP contribution in [0.15, 0.2) is 205 Å². The fraction of sp³-hybridized carbons (Fsp3) is 0. The van der Waals surface area contributed by atoms with Crippen LogP contribution in [0, 0.1) is 0 Å². The Morgan fingerprint density at radius 2 is 0.825 bits per heavy atom. The summed E-state index contributed by atoms with van der Waals surface area (Å²) in [6.45, 7) is 0. The molecule has 0 N–H and O–H groups in total. The van der Waals surface area contributed by atoms with Gasteiger partial charge < -0.3 is 4.42 Å². The smallest absolute Gasteiger partial charge is 0.164 e. The Balaban J connectivity index is 1.15. The molecule has 0 radical (unpaired) electrons. The number of nitrogens with zero attached hydrogens (tertiary/aromatic N) is 3. The number of furan rings is 1. The molecule has 0 fully saturated rings. The Morgan fingerprint density at radius 1 is 0.298 bits per heavy atom. The molecule has 0 saturated carbocycles. The molecular weight excluding hydrogens is 695 g/mol. The molecule has 4 nitrogen and oxygen atoms in total. The van der Waals surface area contributed by atoms with Crippen molar-refractivity contribution in [2.75, 3.05) is 0 Å². The first-order valence-electron chi connectivity index (χ1n) is 19.2. The molecule has 4 heteroatoms. The highest BCUT2D eigenvalue weighted by molar-refractivity contribution is 6.23. The predicted octanol–water partition coefficient (Wildman–Crippen LogP) is 14.1. The lowest BCUT2D eigenvalue weighted by Crippen LogP contribution is -2.00. The minimum Gasteiger partial charge on any atom is -0.455 e. The van der Waals surface area contributed by atoms with Crippen LogP contribution in [0.5, 0.6) is 0 Å². The summed E-state index contributed by atoms with van der Waals surface area (Å²) < 4.78 is 6.78. The topological polar surface area (TPSA) is 51.8 Å². The maximum atomic E-state index is 6.78.